The van der Waals surface area contributed by atoms with E-state index >= 15 is 0 Å². The van der Waals surface area contributed by atoms with Crippen molar-refractivity contribution in [3.63, 3.8) is 0 Å². The van der Waals surface area contributed by atoms with E-state index in [4.69, 9.17) is 0 Å². The van der Waals surface area contributed by atoms with Gasteiger partial charge in [0.05, 0.1) is 0 Å². The number of nitrogens with zero attached hydrogens (tertiary/aromatic N) is 2. The quantitative estimate of drug-likeness (QED) is 0.753. The Kier molecular flexibility index (Phi) is 4.21. The van der Waals surface area contributed by atoms with Crippen molar-refractivity contribution in [1.82, 2.24) is 4.90 Å². The van der Waals surface area contributed by atoms with Crippen LogP contribution in [0.5, 0.6) is 0 Å². The van der Waals surface area contributed by atoms with Crippen molar-refractivity contribution >= 4 is 21.6 Å². The van der Waals surface area contributed by atoms with Gasteiger partial charge in [0.25, 0.3) is 0 Å². The molecule has 22 heavy (non-hydrogen) atoms. The number of hydrogen-bond acceptors (Lipinski definition) is 2. The van der Waals surface area contributed by atoms with Gasteiger partial charge in [-0.1, -0.05) is 22.4 Å². The summed E-state index contributed by atoms with van der Waals surface area (Å²) in [6.45, 7) is 5.21. The number of likely N-dealkylation sites (tertiary alicyclic amines) is 1. The minimum atomic E-state index is 0.659. The highest BCUT2D eigenvalue weighted by Crippen LogP contribution is 2.43. The molecule has 3 heteroatoms. The lowest BCUT2D eigenvalue weighted by atomic mass is 9.70. The van der Waals surface area contributed by atoms with Crippen molar-refractivity contribution in [2.45, 2.75) is 51.0 Å². The lowest BCUT2D eigenvalue weighted by Gasteiger charge is -2.50. The molecule has 1 spiro atoms. The predicted molar refractivity (Wildman–Crippen MR) is 96.5 cm³/mol. The summed E-state index contributed by atoms with van der Waals surface area (Å²) in [4.78, 5) is 5.37. The average Bonchev–Trinajstić information content (AvgIpc) is 2.50. The molecule has 0 bridgehead atoms. The zero-order valence-corrected chi connectivity index (χ0v) is 15.0. The first-order chi connectivity index (χ1) is 10.7. The molecule has 1 saturated carbocycles. The van der Waals surface area contributed by atoms with Crippen LogP contribution in [-0.2, 0) is 0 Å². The minimum Gasteiger partial charge on any atom is -0.371 e. The van der Waals surface area contributed by atoms with E-state index < -0.39 is 0 Å². The molecule has 120 valence electrons. The molecule has 2 aliphatic heterocycles. The van der Waals surface area contributed by atoms with E-state index in [0.717, 1.165) is 6.04 Å². The van der Waals surface area contributed by atoms with E-state index in [9.17, 15) is 0 Å². The minimum absolute atomic E-state index is 0.659. The average molecular weight is 363 g/mol. The fourth-order valence-electron chi connectivity index (χ4n) is 4.51. The third-order valence-electron chi connectivity index (χ3n) is 6.47. The Hall–Kier alpha value is -0.540. The molecule has 0 N–H and O–H groups in total. The zero-order chi connectivity index (χ0) is 15.0. The van der Waals surface area contributed by atoms with Gasteiger partial charge in [-0.25, -0.2) is 0 Å². The number of anilines is 1. The summed E-state index contributed by atoms with van der Waals surface area (Å²) in [5, 5.41) is 0. The lowest BCUT2D eigenvalue weighted by molar-refractivity contribution is 0.0306. The van der Waals surface area contributed by atoms with Gasteiger partial charge in [0, 0.05) is 29.3 Å². The first kappa shape index (κ1) is 15.0. The summed E-state index contributed by atoms with van der Waals surface area (Å²) in [5.41, 5.74) is 2.05. The van der Waals surface area contributed by atoms with Crippen molar-refractivity contribution in [2.75, 3.05) is 31.1 Å². The van der Waals surface area contributed by atoms with E-state index in [1.165, 1.54) is 81.3 Å². The first-order valence-electron chi connectivity index (χ1n) is 8.99. The van der Waals surface area contributed by atoms with Gasteiger partial charge < -0.3 is 9.80 Å². The van der Waals surface area contributed by atoms with E-state index in [2.05, 4.69) is 50.0 Å². The van der Waals surface area contributed by atoms with E-state index in [1.807, 2.05) is 0 Å². The Morgan fingerprint density at radius 2 is 1.45 bits per heavy atom. The highest BCUT2D eigenvalue weighted by atomic mass is 79.9. The highest BCUT2D eigenvalue weighted by Gasteiger charge is 2.39. The second kappa shape index (κ2) is 6.16. The van der Waals surface area contributed by atoms with Gasteiger partial charge >= 0.3 is 0 Å². The van der Waals surface area contributed by atoms with Crippen molar-refractivity contribution in [3.05, 3.63) is 28.7 Å². The molecule has 4 rings (SSSR count). The standard InChI is InChI=1S/C19H27BrN2/c20-16-4-6-18(7-5-16)22-14-10-19(11-15-22)8-12-21(13-9-19)17-2-1-3-17/h4-7,17H,1-3,8-15H2. The molecular weight excluding hydrogens is 336 g/mol. The van der Waals surface area contributed by atoms with Crippen molar-refractivity contribution in [1.29, 1.82) is 0 Å². The molecule has 3 aliphatic rings. The molecule has 3 fully saturated rings. The second-order valence-corrected chi connectivity index (χ2v) is 8.50. The number of hydrogen-bond donors (Lipinski definition) is 0. The van der Waals surface area contributed by atoms with Crippen LogP contribution in [0.3, 0.4) is 0 Å². The molecule has 0 atom stereocenters. The molecule has 0 radical (unpaired) electrons. The molecule has 2 saturated heterocycles. The van der Waals surface area contributed by atoms with Gasteiger partial charge in [0.1, 0.15) is 0 Å². The topological polar surface area (TPSA) is 6.48 Å². The molecule has 0 unspecified atom stereocenters. The molecule has 1 aromatic rings. The van der Waals surface area contributed by atoms with Crippen LogP contribution >= 0.6 is 15.9 Å². The Labute approximate surface area is 143 Å². The Morgan fingerprint density at radius 1 is 0.864 bits per heavy atom. The first-order valence-corrected chi connectivity index (χ1v) is 9.78. The number of piperidine rings is 2. The SMILES string of the molecule is Brc1ccc(N2CCC3(CC2)CCN(C2CCC2)CC3)cc1. The largest absolute Gasteiger partial charge is 0.371 e. The van der Waals surface area contributed by atoms with Gasteiger partial charge in [-0.2, -0.15) is 0 Å². The van der Waals surface area contributed by atoms with Gasteiger partial charge in [-0.15, -0.1) is 0 Å². The molecular formula is C19H27BrN2. The molecule has 1 aliphatic carbocycles. The zero-order valence-electron chi connectivity index (χ0n) is 13.4. The van der Waals surface area contributed by atoms with E-state index in [1.54, 1.807) is 0 Å². The Morgan fingerprint density at radius 3 is 2.00 bits per heavy atom. The monoisotopic (exact) mass is 362 g/mol. The Balaban J connectivity index is 1.32. The highest BCUT2D eigenvalue weighted by molar-refractivity contribution is 9.10. The van der Waals surface area contributed by atoms with E-state index in [-0.39, 0.29) is 0 Å². The second-order valence-electron chi connectivity index (χ2n) is 7.58. The normalized spacial score (nSPS) is 26.1. The van der Waals surface area contributed by atoms with Crippen LogP contribution in [0.15, 0.2) is 28.7 Å². The van der Waals surface area contributed by atoms with Crippen molar-refractivity contribution in [3.8, 4) is 0 Å². The molecule has 0 amide bonds. The maximum Gasteiger partial charge on any atom is 0.0366 e. The van der Waals surface area contributed by atoms with Crippen LogP contribution in [0.2, 0.25) is 0 Å². The fourth-order valence-corrected chi connectivity index (χ4v) is 4.77. The number of halogens is 1. The molecule has 2 heterocycles. The lowest BCUT2D eigenvalue weighted by Crippen LogP contribution is -2.50. The van der Waals surface area contributed by atoms with E-state index in [0.29, 0.717) is 5.41 Å². The van der Waals surface area contributed by atoms with Crippen LogP contribution < -0.4 is 4.90 Å². The van der Waals surface area contributed by atoms with Crippen LogP contribution in [0.1, 0.15) is 44.9 Å². The smallest absolute Gasteiger partial charge is 0.0366 e. The summed E-state index contributed by atoms with van der Waals surface area (Å²) in [7, 11) is 0. The van der Waals surface area contributed by atoms with Crippen molar-refractivity contribution in [2.24, 2.45) is 5.41 Å². The molecule has 1 aromatic carbocycles. The molecule has 0 aromatic heterocycles. The van der Waals surface area contributed by atoms with Gasteiger partial charge in [0.2, 0.25) is 0 Å². The fraction of sp³-hybridized carbons (Fsp3) is 0.684. The van der Waals surface area contributed by atoms with Crippen LogP contribution in [0, 0.1) is 5.41 Å². The maximum absolute atomic E-state index is 3.53. The van der Waals surface area contributed by atoms with Gasteiger partial charge in [0.15, 0.2) is 0 Å². The molecule has 2 nitrogen and oxygen atoms in total. The van der Waals surface area contributed by atoms with Crippen LogP contribution in [0.4, 0.5) is 5.69 Å². The predicted octanol–water partition coefficient (Wildman–Crippen LogP) is 4.68. The summed E-state index contributed by atoms with van der Waals surface area (Å²) < 4.78 is 1.17. The summed E-state index contributed by atoms with van der Waals surface area (Å²) >= 11 is 3.53. The number of rotatable bonds is 2. The van der Waals surface area contributed by atoms with Crippen LogP contribution in [-0.4, -0.2) is 37.1 Å². The number of benzene rings is 1. The summed E-state index contributed by atoms with van der Waals surface area (Å²) in [6, 6.07) is 9.77. The van der Waals surface area contributed by atoms with Crippen molar-refractivity contribution < 1.29 is 0 Å². The third-order valence-corrected chi connectivity index (χ3v) is 6.99. The summed E-state index contributed by atoms with van der Waals surface area (Å²) in [6.07, 6.45) is 10.1. The Bertz CT molecular complexity index is 491. The maximum atomic E-state index is 3.53. The summed E-state index contributed by atoms with van der Waals surface area (Å²) in [5.74, 6) is 0. The van der Waals surface area contributed by atoms with Crippen LogP contribution in [0.25, 0.3) is 0 Å². The van der Waals surface area contributed by atoms with Gasteiger partial charge in [-0.05, 0) is 81.3 Å². The van der Waals surface area contributed by atoms with Gasteiger partial charge in [-0.3, -0.25) is 0 Å². The third kappa shape index (κ3) is 2.94.